The summed E-state index contributed by atoms with van der Waals surface area (Å²) in [5.74, 6) is 0. The summed E-state index contributed by atoms with van der Waals surface area (Å²) in [5.41, 5.74) is 1.32. The zero-order valence-electron chi connectivity index (χ0n) is 11.4. The van der Waals surface area contributed by atoms with E-state index < -0.39 is 10.0 Å². The lowest BCUT2D eigenvalue weighted by Gasteiger charge is -2.06. The van der Waals surface area contributed by atoms with Crippen LogP contribution in [0.1, 0.15) is 5.56 Å². The normalized spacial score (nSPS) is 11.5. The number of sulfonamides is 1. The molecule has 2 aromatic rings. The summed E-state index contributed by atoms with van der Waals surface area (Å²) < 4.78 is 28.5. The van der Waals surface area contributed by atoms with Crippen LogP contribution in [0.3, 0.4) is 0 Å². The highest BCUT2D eigenvalue weighted by atomic mass is 32.2. The molecule has 0 unspecified atom stereocenters. The molecular formula is C12H17N5O2S. The number of rotatable bonds is 6. The average Bonchev–Trinajstić information content (AvgIpc) is 2.85. The van der Waals surface area contributed by atoms with Crippen molar-refractivity contribution in [3.05, 3.63) is 36.4 Å². The van der Waals surface area contributed by atoms with Crippen LogP contribution < -0.4 is 10.0 Å². The van der Waals surface area contributed by atoms with Crippen LogP contribution in [0, 0.1) is 6.92 Å². The van der Waals surface area contributed by atoms with Crippen LogP contribution in [0.4, 0.5) is 5.69 Å². The van der Waals surface area contributed by atoms with Gasteiger partial charge in [-0.25, -0.2) is 8.42 Å². The quantitative estimate of drug-likeness (QED) is 0.815. The van der Waals surface area contributed by atoms with E-state index in [1.54, 1.807) is 16.9 Å². The second-order valence-electron chi connectivity index (χ2n) is 4.40. The van der Waals surface area contributed by atoms with E-state index in [9.17, 15) is 8.42 Å². The smallest absolute Gasteiger partial charge is 0.265 e. The predicted molar refractivity (Wildman–Crippen MR) is 75.9 cm³/mol. The molecule has 0 atom stereocenters. The molecule has 0 amide bonds. The lowest BCUT2D eigenvalue weighted by molar-refractivity contribution is 0.582. The third kappa shape index (κ3) is 3.55. The molecular weight excluding hydrogens is 278 g/mol. The minimum Gasteiger partial charge on any atom is -0.318 e. The van der Waals surface area contributed by atoms with Gasteiger partial charge in [-0.2, -0.15) is 5.10 Å². The van der Waals surface area contributed by atoms with Gasteiger partial charge in [0.15, 0.2) is 0 Å². The van der Waals surface area contributed by atoms with Gasteiger partial charge in [0.25, 0.3) is 10.0 Å². The maximum atomic E-state index is 12.2. The molecule has 0 radical (unpaired) electrons. The Bertz CT molecular complexity index is 681. The van der Waals surface area contributed by atoms with Crippen LogP contribution >= 0.6 is 0 Å². The highest BCUT2D eigenvalue weighted by Crippen LogP contribution is 2.15. The molecule has 0 saturated heterocycles. The summed E-state index contributed by atoms with van der Waals surface area (Å²) in [6.07, 6.45) is 5.97. The van der Waals surface area contributed by atoms with Crippen LogP contribution in [0.2, 0.25) is 0 Å². The van der Waals surface area contributed by atoms with Gasteiger partial charge in [0.05, 0.1) is 24.6 Å². The van der Waals surface area contributed by atoms with Crippen LogP contribution in [-0.4, -0.2) is 36.8 Å². The van der Waals surface area contributed by atoms with Crippen LogP contribution in [0.25, 0.3) is 0 Å². The average molecular weight is 295 g/mol. The Balaban J connectivity index is 2.16. The molecule has 0 aromatic carbocycles. The standard InChI is InChI=1S/C12H17N5O2S/c1-10-5-11(7-14-6-10)16-20(18,19)12-8-15-17(9-12)4-3-13-2/h5-9,13,16H,3-4H2,1-2H3. The van der Waals surface area contributed by atoms with E-state index in [0.29, 0.717) is 12.2 Å². The summed E-state index contributed by atoms with van der Waals surface area (Å²) in [5, 5.41) is 7.00. The lowest BCUT2D eigenvalue weighted by Crippen LogP contribution is -2.15. The van der Waals surface area contributed by atoms with Crippen molar-refractivity contribution in [3.8, 4) is 0 Å². The number of likely N-dealkylation sites (N-methyl/N-ethyl adjacent to an activating group) is 1. The number of nitrogens with one attached hydrogen (secondary N) is 2. The summed E-state index contributed by atoms with van der Waals surface area (Å²) >= 11 is 0. The molecule has 20 heavy (non-hydrogen) atoms. The van der Waals surface area contributed by atoms with Crippen LogP contribution in [0.15, 0.2) is 35.7 Å². The van der Waals surface area contributed by atoms with Crippen molar-refractivity contribution in [2.24, 2.45) is 0 Å². The van der Waals surface area contributed by atoms with Crippen molar-refractivity contribution in [3.63, 3.8) is 0 Å². The number of nitrogens with zero attached hydrogens (tertiary/aromatic N) is 3. The molecule has 0 aliphatic rings. The lowest BCUT2D eigenvalue weighted by atomic mass is 10.3. The fraction of sp³-hybridized carbons (Fsp3) is 0.333. The second kappa shape index (κ2) is 6.02. The van der Waals surface area contributed by atoms with Crippen molar-refractivity contribution in [1.82, 2.24) is 20.1 Å². The molecule has 7 nitrogen and oxygen atoms in total. The van der Waals surface area contributed by atoms with Gasteiger partial charge in [0, 0.05) is 18.9 Å². The van der Waals surface area contributed by atoms with E-state index in [4.69, 9.17) is 0 Å². The van der Waals surface area contributed by atoms with E-state index in [1.165, 1.54) is 18.6 Å². The molecule has 2 aromatic heterocycles. The molecule has 0 spiro atoms. The molecule has 0 saturated carbocycles. The predicted octanol–water partition coefficient (Wildman–Crippen LogP) is 0.607. The molecule has 0 fully saturated rings. The number of aryl methyl sites for hydroxylation is 1. The first-order valence-corrected chi connectivity index (χ1v) is 7.61. The van der Waals surface area contributed by atoms with E-state index >= 15 is 0 Å². The Hall–Kier alpha value is -1.93. The monoisotopic (exact) mass is 295 g/mol. The summed E-state index contributed by atoms with van der Waals surface area (Å²) in [4.78, 5) is 4.09. The highest BCUT2D eigenvalue weighted by molar-refractivity contribution is 7.92. The zero-order valence-corrected chi connectivity index (χ0v) is 12.2. The van der Waals surface area contributed by atoms with Gasteiger partial charge >= 0.3 is 0 Å². The van der Waals surface area contributed by atoms with Gasteiger partial charge in [-0.15, -0.1) is 0 Å². The van der Waals surface area contributed by atoms with Crippen LogP contribution in [0.5, 0.6) is 0 Å². The topological polar surface area (TPSA) is 88.9 Å². The number of hydrogen-bond donors (Lipinski definition) is 2. The Morgan fingerprint density at radius 1 is 1.30 bits per heavy atom. The Morgan fingerprint density at radius 2 is 2.10 bits per heavy atom. The van der Waals surface area contributed by atoms with E-state index in [0.717, 1.165) is 12.1 Å². The Kier molecular flexibility index (Phi) is 4.35. The molecule has 2 heterocycles. The maximum Gasteiger partial charge on any atom is 0.265 e. The molecule has 2 N–H and O–H groups in total. The van der Waals surface area contributed by atoms with Crippen molar-refractivity contribution >= 4 is 15.7 Å². The fourth-order valence-electron chi connectivity index (χ4n) is 1.66. The van der Waals surface area contributed by atoms with Gasteiger partial charge in [0.2, 0.25) is 0 Å². The first kappa shape index (κ1) is 14.5. The number of aromatic nitrogens is 3. The number of anilines is 1. The van der Waals surface area contributed by atoms with E-state index in [2.05, 4.69) is 20.1 Å². The molecule has 0 aliphatic carbocycles. The second-order valence-corrected chi connectivity index (χ2v) is 6.08. The zero-order chi connectivity index (χ0) is 14.6. The van der Waals surface area contributed by atoms with Crippen molar-refractivity contribution < 1.29 is 8.42 Å². The third-order valence-corrected chi connectivity index (χ3v) is 3.97. The Labute approximate surface area is 118 Å². The SMILES string of the molecule is CNCCn1cc(S(=O)(=O)Nc2cncc(C)c2)cn1. The maximum absolute atomic E-state index is 12.2. The molecule has 0 aliphatic heterocycles. The minimum atomic E-state index is -3.63. The largest absolute Gasteiger partial charge is 0.318 e. The van der Waals surface area contributed by atoms with Gasteiger partial charge in [0.1, 0.15) is 4.90 Å². The minimum absolute atomic E-state index is 0.134. The van der Waals surface area contributed by atoms with Gasteiger partial charge in [-0.05, 0) is 25.6 Å². The highest BCUT2D eigenvalue weighted by Gasteiger charge is 2.16. The summed E-state index contributed by atoms with van der Waals surface area (Å²) in [7, 11) is -1.80. The van der Waals surface area contributed by atoms with Crippen molar-refractivity contribution in [1.29, 1.82) is 0 Å². The first-order chi connectivity index (χ1) is 9.51. The molecule has 0 bridgehead atoms. The van der Waals surface area contributed by atoms with Crippen LogP contribution in [-0.2, 0) is 16.6 Å². The molecule has 8 heteroatoms. The van der Waals surface area contributed by atoms with Crippen molar-refractivity contribution in [2.75, 3.05) is 18.3 Å². The molecule has 2 rings (SSSR count). The third-order valence-electron chi connectivity index (χ3n) is 2.64. The van der Waals surface area contributed by atoms with E-state index in [-0.39, 0.29) is 4.90 Å². The summed E-state index contributed by atoms with van der Waals surface area (Å²) in [6, 6.07) is 1.72. The van der Waals surface area contributed by atoms with E-state index in [1.807, 2.05) is 14.0 Å². The van der Waals surface area contributed by atoms with Crippen molar-refractivity contribution in [2.45, 2.75) is 18.4 Å². The number of pyridine rings is 1. The fourth-order valence-corrected chi connectivity index (χ4v) is 2.64. The Morgan fingerprint density at radius 3 is 2.80 bits per heavy atom. The van der Waals surface area contributed by atoms with Gasteiger partial charge < -0.3 is 5.32 Å². The number of hydrogen-bond acceptors (Lipinski definition) is 5. The molecule has 108 valence electrons. The van der Waals surface area contributed by atoms with Gasteiger partial charge in [-0.3, -0.25) is 14.4 Å². The van der Waals surface area contributed by atoms with Gasteiger partial charge in [-0.1, -0.05) is 0 Å². The first-order valence-electron chi connectivity index (χ1n) is 6.13. The summed E-state index contributed by atoms with van der Waals surface area (Å²) in [6.45, 7) is 3.18.